The maximum Gasteiger partial charge on any atom is 0.528 e. The molecule has 3 aromatic rings. The number of sulfonamides is 1. The van der Waals surface area contributed by atoms with Gasteiger partial charge >= 0.3 is 12.1 Å². The highest BCUT2D eigenvalue weighted by molar-refractivity contribution is 7.89. The van der Waals surface area contributed by atoms with Gasteiger partial charge in [-0.1, -0.05) is 54.1 Å². The van der Waals surface area contributed by atoms with Crippen molar-refractivity contribution in [1.29, 1.82) is 0 Å². The molecule has 1 aliphatic rings. The zero-order valence-corrected chi connectivity index (χ0v) is 27.7. The van der Waals surface area contributed by atoms with E-state index in [2.05, 4.69) is 20.3 Å². The lowest BCUT2D eigenvalue weighted by atomic mass is 10.1. The summed E-state index contributed by atoms with van der Waals surface area (Å²) in [5.74, 6) is -1.28. The molecule has 1 amide bonds. The summed E-state index contributed by atoms with van der Waals surface area (Å²) in [5, 5.41) is 16.6. The number of rotatable bonds is 15. The third kappa shape index (κ3) is 10.4. The van der Waals surface area contributed by atoms with Gasteiger partial charge in [0.1, 0.15) is 30.9 Å². The molecule has 16 heteroatoms. The minimum absolute atomic E-state index is 0.0125. The lowest BCUT2D eigenvalue weighted by molar-refractivity contribution is -0.143. The van der Waals surface area contributed by atoms with Gasteiger partial charge in [-0.25, -0.2) is 18.2 Å². The van der Waals surface area contributed by atoms with Crippen molar-refractivity contribution in [2.24, 2.45) is 0 Å². The number of aryl methyl sites for hydroxylation is 3. The van der Waals surface area contributed by atoms with Gasteiger partial charge in [-0.05, 0) is 56.0 Å². The molecule has 6 N–H and O–H groups in total. The molecule has 15 nitrogen and oxygen atoms in total. The van der Waals surface area contributed by atoms with E-state index in [1.807, 2.05) is 37.3 Å². The number of nitrogens with two attached hydrogens (primary N) is 1. The fourth-order valence-corrected chi connectivity index (χ4v) is 6.99. The Morgan fingerprint density at radius 2 is 1.77 bits per heavy atom. The van der Waals surface area contributed by atoms with Gasteiger partial charge in [0.25, 0.3) is 0 Å². The Morgan fingerprint density at radius 3 is 2.44 bits per heavy atom. The highest BCUT2D eigenvalue weighted by Crippen LogP contribution is 2.23. The second-order valence-electron chi connectivity index (χ2n) is 11.4. The van der Waals surface area contributed by atoms with E-state index in [0.29, 0.717) is 29.2 Å². The van der Waals surface area contributed by atoms with E-state index < -0.39 is 59.4 Å². The normalized spacial score (nSPS) is 17.0. The second-order valence-corrected chi connectivity index (χ2v) is 13.1. The Kier molecular flexibility index (Phi) is 12.3. The maximum atomic E-state index is 13.1. The van der Waals surface area contributed by atoms with Crippen molar-refractivity contribution >= 4 is 39.7 Å². The van der Waals surface area contributed by atoms with E-state index in [-0.39, 0.29) is 24.6 Å². The van der Waals surface area contributed by atoms with Crippen molar-refractivity contribution in [3.63, 3.8) is 0 Å². The van der Waals surface area contributed by atoms with E-state index in [1.54, 1.807) is 44.2 Å². The number of carbonyl (C=O) groups excluding carboxylic acids is 2. The zero-order chi connectivity index (χ0) is 34.8. The number of aromatic nitrogens is 1. The van der Waals surface area contributed by atoms with Crippen LogP contribution in [0.2, 0.25) is 0 Å². The van der Waals surface area contributed by atoms with Crippen LogP contribution in [0.3, 0.4) is 0 Å². The van der Waals surface area contributed by atoms with Crippen LogP contribution in [0.5, 0.6) is 0 Å². The van der Waals surface area contributed by atoms with Crippen LogP contribution in [0.4, 0.5) is 16.4 Å². The molecule has 0 spiro atoms. The van der Waals surface area contributed by atoms with Crippen molar-refractivity contribution in [3.05, 3.63) is 82.9 Å². The Labute approximate surface area is 278 Å². The molecule has 2 aromatic carbocycles. The lowest BCUT2D eigenvalue weighted by Crippen LogP contribution is -2.49. The monoisotopic (exact) mass is 684 g/mol. The van der Waals surface area contributed by atoms with Gasteiger partial charge in [-0.15, -0.1) is 5.06 Å². The Hall–Kier alpha value is -4.77. The third-order valence-electron chi connectivity index (χ3n) is 7.43. The first-order valence-corrected chi connectivity index (χ1v) is 16.6. The van der Waals surface area contributed by atoms with Gasteiger partial charge in [-0.2, -0.15) is 4.72 Å². The molecule has 0 saturated carbocycles. The average molecular weight is 685 g/mol. The average Bonchev–Trinajstić information content (AvgIpc) is 3.40. The van der Waals surface area contributed by atoms with Gasteiger partial charge in [0.05, 0.1) is 23.6 Å². The molecule has 2 heterocycles. The Bertz CT molecular complexity index is 1680. The predicted octanol–water partition coefficient (Wildman–Crippen LogP) is 2.28. The summed E-state index contributed by atoms with van der Waals surface area (Å²) >= 11 is 0. The van der Waals surface area contributed by atoms with Crippen LogP contribution < -0.4 is 21.1 Å². The first kappa shape index (κ1) is 36.1. The summed E-state index contributed by atoms with van der Waals surface area (Å²) in [6.45, 7) is 4.52. The number of anilines is 2. The molecule has 0 bridgehead atoms. The number of hydrogen-bond acceptors (Lipinski definition) is 12. The molecule has 1 aliphatic heterocycles. The van der Waals surface area contributed by atoms with Gasteiger partial charge in [0.15, 0.2) is 0 Å². The maximum absolute atomic E-state index is 13.1. The summed E-state index contributed by atoms with van der Waals surface area (Å²) in [6.07, 6.45) is -1.12. The molecule has 0 radical (unpaired) electrons. The van der Waals surface area contributed by atoms with Gasteiger partial charge in [-0.3, -0.25) is 9.59 Å². The smallest absolute Gasteiger partial charge is 0.480 e. The number of amides is 1. The van der Waals surface area contributed by atoms with Crippen LogP contribution in [0, 0.1) is 20.8 Å². The van der Waals surface area contributed by atoms with E-state index in [0.717, 1.165) is 11.1 Å². The van der Waals surface area contributed by atoms with Crippen molar-refractivity contribution in [1.82, 2.24) is 20.1 Å². The molecule has 258 valence electrons. The van der Waals surface area contributed by atoms with E-state index in [9.17, 15) is 27.9 Å². The summed E-state index contributed by atoms with van der Waals surface area (Å²) < 4.78 is 39.4. The van der Waals surface area contributed by atoms with Crippen LogP contribution in [-0.2, 0) is 40.5 Å². The van der Waals surface area contributed by atoms with Crippen LogP contribution in [0.15, 0.2) is 65.6 Å². The molecule has 4 rings (SSSR count). The fraction of sp³-hybridized carbons (Fsp3) is 0.375. The predicted molar refractivity (Wildman–Crippen MR) is 175 cm³/mol. The molecule has 48 heavy (non-hydrogen) atoms. The molecule has 1 aromatic heterocycles. The SMILES string of the molecule is Cc1cc(C)c(S(=O)(=O)NC(CNC(=O)COC2CC(CNc3cccc(N)n3)N(OC(=O)OCc3ccccc3)C2)C(=O)O)c(C)c1. The van der Waals surface area contributed by atoms with Crippen molar-refractivity contribution in [3.8, 4) is 0 Å². The largest absolute Gasteiger partial charge is 0.528 e. The minimum atomic E-state index is -4.21. The molecule has 0 aliphatic carbocycles. The number of carboxylic acid groups (broad SMARTS) is 1. The van der Waals surface area contributed by atoms with Gasteiger partial charge in [0.2, 0.25) is 15.9 Å². The molecular formula is C32H40N6O9S. The lowest BCUT2D eigenvalue weighted by Gasteiger charge is -2.22. The number of hydroxylamine groups is 2. The number of nitrogen functional groups attached to an aromatic ring is 1. The minimum Gasteiger partial charge on any atom is -0.480 e. The van der Waals surface area contributed by atoms with Gasteiger partial charge in [0, 0.05) is 13.1 Å². The van der Waals surface area contributed by atoms with E-state index >= 15 is 0 Å². The second kappa shape index (κ2) is 16.4. The Balaban J connectivity index is 1.32. The van der Waals surface area contributed by atoms with E-state index in [4.69, 9.17) is 20.0 Å². The fourth-order valence-electron chi connectivity index (χ4n) is 5.35. The molecular weight excluding hydrogens is 644 g/mol. The van der Waals surface area contributed by atoms with Crippen molar-refractivity contribution in [2.75, 3.05) is 37.3 Å². The summed E-state index contributed by atoms with van der Waals surface area (Å²) in [4.78, 5) is 46.7. The Morgan fingerprint density at radius 1 is 1.06 bits per heavy atom. The number of hydrogen-bond donors (Lipinski definition) is 5. The first-order chi connectivity index (χ1) is 22.8. The molecule has 3 unspecified atom stereocenters. The highest BCUT2D eigenvalue weighted by Gasteiger charge is 2.36. The number of ether oxygens (including phenoxy) is 2. The number of carboxylic acids is 1. The number of nitrogens with one attached hydrogen (secondary N) is 3. The molecule has 1 fully saturated rings. The summed E-state index contributed by atoms with van der Waals surface area (Å²) in [6, 6.07) is 15.6. The number of pyridine rings is 1. The van der Waals surface area contributed by atoms with Crippen LogP contribution >= 0.6 is 0 Å². The van der Waals surface area contributed by atoms with Gasteiger partial charge < -0.3 is 35.8 Å². The third-order valence-corrected chi connectivity index (χ3v) is 9.21. The van der Waals surface area contributed by atoms with Crippen LogP contribution in [-0.4, -0.2) is 86.0 Å². The number of benzene rings is 2. The highest BCUT2D eigenvalue weighted by atomic mass is 32.2. The quantitative estimate of drug-likeness (QED) is 0.146. The number of nitrogens with zero attached hydrogens (tertiary/aromatic N) is 2. The topological polar surface area (TPSA) is 212 Å². The van der Waals surface area contributed by atoms with Crippen molar-refractivity contribution in [2.45, 2.75) is 56.9 Å². The first-order valence-electron chi connectivity index (χ1n) is 15.1. The summed E-state index contributed by atoms with van der Waals surface area (Å²) in [7, 11) is -4.21. The van der Waals surface area contributed by atoms with E-state index in [1.165, 1.54) is 5.06 Å². The molecule has 3 atom stereocenters. The summed E-state index contributed by atoms with van der Waals surface area (Å²) in [5.41, 5.74) is 8.36. The standard InChI is InChI=1S/C32H40N6O9S/c1-20-12-21(2)30(22(3)13-20)48(43,44)37-26(31(40)41)16-35-29(39)19-45-25-14-24(15-34-28-11-7-10-27(33)36-28)38(17-25)47-32(42)46-18-23-8-5-4-6-9-23/h4-13,24-26,37H,14-19H2,1-3H3,(H,35,39)(H,40,41)(H3,33,34,36). The van der Waals surface area contributed by atoms with Crippen LogP contribution in [0.25, 0.3) is 0 Å². The molecule has 1 saturated heterocycles. The van der Waals surface area contributed by atoms with Crippen LogP contribution in [0.1, 0.15) is 28.7 Å². The zero-order valence-electron chi connectivity index (χ0n) is 26.8. The number of aliphatic carboxylic acids is 1. The van der Waals surface area contributed by atoms with Crippen molar-refractivity contribution < 1.29 is 42.2 Å². The number of carbonyl (C=O) groups is 3.